The highest BCUT2D eigenvalue weighted by molar-refractivity contribution is 7.98. The molecule has 5 nitrogen and oxygen atoms in total. The maximum Gasteiger partial charge on any atom is 0.189 e. The molecule has 2 N–H and O–H groups in total. The zero-order valence-corrected chi connectivity index (χ0v) is 13.0. The molecule has 0 saturated heterocycles. The fourth-order valence-corrected chi connectivity index (χ4v) is 2.66. The lowest BCUT2D eigenvalue weighted by molar-refractivity contribution is 0.987. The van der Waals surface area contributed by atoms with Crippen LogP contribution in [0.3, 0.4) is 0 Å². The minimum Gasteiger partial charge on any atom is -0.398 e. The third kappa shape index (κ3) is 2.36. The Kier molecular flexibility index (Phi) is 3.65. The molecule has 1 aromatic carbocycles. The number of nitrogen functional groups attached to an aromatic ring is 1. The Morgan fingerprint density at radius 3 is 2.77 bits per heavy atom. The van der Waals surface area contributed by atoms with Crippen molar-refractivity contribution in [3.8, 4) is 17.2 Å². The molecule has 0 aliphatic rings. The zero-order chi connectivity index (χ0) is 15.7. The molecule has 6 heteroatoms. The largest absolute Gasteiger partial charge is 0.398 e. The van der Waals surface area contributed by atoms with E-state index in [2.05, 4.69) is 21.0 Å². The van der Waals surface area contributed by atoms with Gasteiger partial charge in [0.1, 0.15) is 6.07 Å². The number of benzene rings is 1. The highest BCUT2D eigenvalue weighted by Gasteiger charge is 2.13. The average Bonchev–Trinajstić information content (AvgIpc) is 2.53. The van der Waals surface area contributed by atoms with E-state index in [0.717, 1.165) is 22.2 Å². The Balaban J connectivity index is 2.27. The Labute approximate surface area is 132 Å². The third-order valence-corrected chi connectivity index (χ3v) is 3.98. The minimum atomic E-state index is 0.466. The molecule has 2 aromatic heterocycles. The van der Waals surface area contributed by atoms with Gasteiger partial charge in [0, 0.05) is 28.4 Å². The SMILES string of the molecule is CSc1ncc2cc(-c3cccc(N)c3C#N)c(C)nc2n1. The molecule has 0 bridgehead atoms. The summed E-state index contributed by atoms with van der Waals surface area (Å²) in [4.78, 5) is 13.2. The van der Waals surface area contributed by atoms with Crippen molar-refractivity contribution in [1.29, 1.82) is 5.26 Å². The van der Waals surface area contributed by atoms with Gasteiger partial charge >= 0.3 is 0 Å². The van der Waals surface area contributed by atoms with Gasteiger partial charge in [-0.25, -0.2) is 15.0 Å². The van der Waals surface area contributed by atoms with Crippen LogP contribution in [0.4, 0.5) is 5.69 Å². The summed E-state index contributed by atoms with van der Waals surface area (Å²) in [6, 6.07) is 9.56. The summed E-state index contributed by atoms with van der Waals surface area (Å²) < 4.78 is 0. The number of hydrogen-bond acceptors (Lipinski definition) is 6. The number of hydrogen-bond donors (Lipinski definition) is 1. The molecule has 0 aliphatic carbocycles. The van der Waals surface area contributed by atoms with E-state index >= 15 is 0 Å². The summed E-state index contributed by atoms with van der Waals surface area (Å²) in [5.74, 6) is 0. The van der Waals surface area contributed by atoms with E-state index in [1.807, 2.05) is 31.4 Å². The Bertz CT molecular complexity index is 914. The predicted molar refractivity (Wildman–Crippen MR) is 88.4 cm³/mol. The van der Waals surface area contributed by atoms with E-state index in [1.54, 1.807) is 12.3 Å². The molecule has 3 rings (SSSR count). The number of rotatable bonds is 2. The van der Waals surface area contributed by atoms with Gasteiger partial charge in [-0.2, -0.15) is 5.26 Å². The van der Waals surface area contributed by atoms with Gasteiger partial charge in [0.25, 0.3) is 0 Å². The number of nitriles is 1. The van der Waals surface area contributed by atoms with Crippen LogP contribution in [0.5, 0.6) is 0 Å². The van der Waals surface area contributed by atoms with Crippen molar-refractivity contribution >= 4 is 28.5 Å². The highest BCUT2D eigenvalue weighted by Crippen LogP contribution is 2.31. The molecule has 108 valence electrons. The van der Waals surface area contributed by atoms with Crippen molar-refractivity contribution in [3.63, 3.8) is 0 Å². The Morgan fingerprint density at radius 2 is 2.05 bits per heavy atom. The molecule has 2 heterocycles. The second-order valence-electron chi connectivity index (χ2n) is 4.77. The molecule has 0 radical (unpaired) electrons. The molecule has 0 fully saturated rings. The molecule has 0 unspecified atom stereocenters. The zero-order valence-electron chi connectivity index (χ0n) is 12.2. The van der Waals surface area contributed by atoms with Gasteiger partial charge in [0.2, 0.25) is 0 Å². The summed E-state index contributed by atoms with van der Waals surface area (Å²) in [5, 5.41) is 10.9. The lowest BCUT2D eigenvalue weighted by Gasteiger charge is -2.10. The van der Waals surface area contributed by atoms with Crippen molar-refractivity contribution in [2.24, 2.45) is 0 Å². The molecule has 22 heavy (non-hydrogen) atoms. The molecule has 0 atom stereocenters. The standard InChI is InChI=1S/C16H13N5S/c1-9-12(11-4-3-5-14(18)13(11)7-17)6-10-8-19-16(22-2)21-15(10)20-9/h3-6,8H,18H2,1-2H3. The fraction of sp³-hybridized carbons (Fsp3) is 0.125. The Morgan fingerprint density at radius 1 is 1.23 bits per heavy atom. The van der Waals surface area contributed by atoms with Crippen LogP contribution in [-0.2, 0) is 0 Å². The summed E-state index contributed by atoms with van der Waals surface area (Å²) in [6.07, 6.45) is 3.68. The van der Waals surface area contributed by atoms with Crippen LogP contribution in [0.1, 0.15) is 11.3 Å². The van der Waals surface area contributed by atoms with E-state index in [0.29, 0.717) is 22.1 Å². The minimum absolute atomic E-state index is 0.466. The van der Waals surface area contributed by atoms with Gasteiger partial charge in [0.15, 0.2) is 10.8 Å². The van der Waals surface area contributed by atoms with Crippen molar-refractivity contribution in [1.82, 2.24) is 15.0 Å². The molecule has 0 amide bonds. The Hall–Kier alpha value is -2.65. The predicted octanol–water partition coefficient (Wildman–Crippen LogP) is 3.18. The second kappa shape index (κ2) is 5.62. The van der Waals surface area contributed by atoms with Crippen molar-refractivity contribution in [2.75, 3.05) is 12.0 Å². The normalized spacial score (nSPS) is 10.6. The van der Waals surface area contributed by atoms with Crippen LogP contribution in [0.15, 0.2) is 35.6 Å². The number of nitrogens with zero attached hydrogens (tertiary/aromatic N) is 4. The average molecular weight is 307 g/mol. The van der Waals surface area contributed by atoms with E-state index in [1.165, 1.54) is 11.8 Å². The second-order valence-corrected chi connectivity index (χ2v) is 5.55. The van der Waals surface area contributed by atoms with Crippen LogP contribution in [-0.4, -0.2) is 21.2 Å². The lowest BCUT2D eigenvalue weighted by Crippen LogP contribution is -1.98. The first-order chi connectivity index (χ1) is 10.6. The van der Waals surface area contributed by atoms with Gasteiger partial charge in [0.05, 0.1) is 11.3 Å². The first kappa shape index (κ1) is 14.3. The third-order valence-electron chi connectivity index (χ3n) is 3.42. The lowest BCUT2D eigenvalue weighted by atomic mass is 9.97. The summed E-state index contributed by atoms with van der Waals surface area (Å²) in [6.45, 7) is 1.90. The van der Waals surface area contributed by atoms with E-state index < -0.39 is 0 Å². The first-order valence-electron chi connectivity index (χ1n) is 6.61. The smallest absolute Gasteiger partial charge is 0.189 e. The fourth-order valence-electron chi connectivity index (χ4n) is 2.33. The van der Waals surface area contributed by atoms with Crippen LogP contribution in [0.2, 0.25) is 0 Å². The van der Waals surface area contributed by atoms with Crippen LogP contribution >= 0.6 is 11.8 Å². The topological polar surface area (TPSA) is 88.5 Å². The van der Waals surface area contributed by atoms with Gasteiger partial charge in [-0.15, -0.1) is 0 Å². The van der Waals surface area contributed by atoms with Crippen molar-refractivity contribution in [3.05, 3.63) is 41.7 Å². The number of fused-ring (bicyclic) bond motifs is 1. The van der Waals surface area contributed by atoms with Gasteiger partial charge in [-0.1, -0.05) is 23.9 Å². The number of anilines is 1. The van der Waals surface area contributed by atoms with Gasteiger partial charge in [-0.05, 0) is 25.3 Å². The van der Waals surface area contributed by atoms with Crippen LogP contribution in [0, 0.1) is 18.3 Å². The van der Waals surface area contributed by atoms with Gasteiger partial charge < -0.3 is 5.73 Å². The van der Waals surface area contributed by atoms with E-state index in [-0.39, 0.29) is 0 Å². The van der Waals surface area contributed by atoms with Crippen LogP contribution < -0.4 is 5.73 Å². The molecular weight excluding hydrogens is 294 g/mol. The number of pyridine rings is 1. The number of thioether (sulfide) groups is 1. The monoisotopic (exact) mass is 307 g/mol. The maximum atomic E-state index is 9.36. The van der Waals surface area contributed by atoms with Gasteiger partial charge in [-0.3, -0.25) is 0 Å². The van der Waals surface area contributed by atoms with E-state index in [9.17, 15) is 5.26 Å². The molecule has 0 spiro atoms. The summed E-state index contributed by atoms with van der Waals surface area (Å²) in [5.41, 5.74) is 9.95. The molecule has 0 aliphatic heterocycles. The maximum absolute atomic E-state index is 9.36. The molecular formula is C16H13N5S. The quantitative estimate of drug-likeness (QED) is 0.444. The van der Waals surface area contributed by atoms with E-state index in [4.69, 9.17) is 5.73 Å². The first-order valence-corrected chi connectivity index (χ1v) is 7.84. The van der Waals surface area contributed by atoms with Crippen LogP contribution in [0.25, 0.3) is 22.2 Å². The number of aromatic nitrogens is 3. The van der Waals surface area contributed by atoms with Crippen molar-refractivity contribution in [2.45, 2.75) is 12.1 Å². The molecule has 3 aromatic rings. The highest BCUT2D eigenvalue weighted by atomic mass is 32.2. The van der Waals surface area contributed by atoms with Crippen molar-refractivity contribution < 1.29 is 0 Å². The number of aryl methyl sites for hydroxylation is 1. The molecule has 0 saturated carbocycles. The summed E-state index contributed by atoms with van der Waals surface area (Å²) >= 11 is 1.48. The summed E-state index contributed by atoms with van der Waals surface area (Å²) in [7, 11) is 0. The number of nitrogens with two attached hydrogens (primary N) is 1.